The monoisotopic (exact) mass is 259 g/mol. The predicted octanol–water partition coefficient (Wildman–Crippen LogP) is 2.91. The van der Waals surface area contributed by atoms with Crippen LogP contribution in [0, 0.1) is 6.92 Å². The number of aromatic carboxylic acids is 1. The highest BCUT2D eigenvalue weighted by molar-refractivity contribution is 5.95. The van der Waals surface area contributed by atoms with Crippen molar-refractivity contribution in [3.05, 3.63) is 48.2 Å². The van der Waals surface area contributed by atoms with Gasteiger partial charge in [0, 0.05) is 5.56 Å². The fourth-order valence-electron chi connectivity index (χ4n) is 1.69. The van der Waals surface area contributed by atoms with Crippen LogP contribution in [-0.4, -0.2) is 22.8 Å². The van der Waals surface area contributed by atoms with E-state index >= 15 is 0 Å². The molecule has 19 heavy (non-hydrogen) atoms. The highest BCUT2D eigenvalue weighted by Gasteiger charge is 2.20. The molecule has 98 valence electrons. The summed E-state index contributed by atoms with van der Waals surface area (Å²) in [4.78, 5) is 11.1. The molecule has 0 saturated heterocycles. The molecule has 0 amide bonds. The lowest BCUT2D eigenvalue weighted by Gasteiger charge is -2.04. The predicted molar refractivity (Wildman–Crippen MR) is 69.3 cm³/mol. The highest BCUT2D eigenvalue weighted by Crippen LogP contribution is 2.26. The van der Waals surface area contributed by atoms with Gasteiger partial charge >= 0.3 is 5.97 Å². The van der Waals surface area contributed by atoms with Crippen LogP contribution in [-0.2, 0) is 0 Å². The number of benzene rings is 1. The zero-order valence-corrected chi connectivity index (χ0v) is 10.4. The van der Waals surface area contributed by atoms with Crippen molar-refractivity contribution in [1.82, 2.24) is 5.16 Å². The molecule has 1 N–H and O–H groups in total. The third-order valence-corrected chi connectivity index (χ3v) is 2.57. The highest BCUT2D eigenvalue weighted by atomic mass is 16.5. The maximum absolute atomic E-state index is 11.1. The molecule has 1 heterocycles. The largest absolute Gasteiger partial charge is 0.490 e. The summed E-state index contributed by atoms with van der Waals surface area (Å²) in [5.74, 6) is -0.0871. The molecule has 0 spiro atoms. The first-order chi connectivity index (χ1) is 9.13. The average Bonchev–Trinajstić information content (AvgIpc) is 2.79. The fourth-order valence-corrected chi connectivity index (χ4v) is 1.69. The number of hydrogen-bond acceptors (Lipinski definition) is 4. The van der Waals surface area contributed by atoms with Crippen molar-refractivity contribution >= 4 is 5.97 Å². The fraction of sp³-hybridized carbons (Fsp3) is 0.143. The van der Waals surface area contributed by atoms with Crippen molar-refractivity contribution in [2.45, 2.75) is 6.92 Å². The molecule has 0 bridgehead atoms. The van der Waals surface area contributed by atoms with E-state index in [1.54, 1.807) is 37.3 Å². The molecule has 0 radical (unpaired) electrons. The van der Waals surface area contributed by atoms with Gasteiger partial charge in [0.25, 0.3) is 0 Å². The van der Waals surface area contributed by atoms with Gasteiger partial charge in [-0.2, -0.15) is 0 Å². The van der Waals surface area contributed by atoms with Crippen LogP contribution < -0.4 is 4.74 Å². The van der Waals surface area contributed by atoms with Gasteiger partial charge in [-0.1, -0.05) is 17.8 Å². The summed E-state index contributed by atoms with van der Waals surface area (Å²) in [5.41, 5.74) is 1.07. The number of nitrogens with zero attached hydrogens (tertiary/aromatic N) is 1. The molecule has 2 rings (SSSR count). The summed E-state index contributed by atoms with van der Waals surface area (Å²) in [6, 6.07) is 6.97. The third kappa shape index (κ3) is 2.65. The smallest absolute Gasteiger partial charge is 0.341 e. The van der Waals surface area contributed by atoms with Gasteiger partial charge in [-0.25, -0.2) is 4.79 Å². The number of carbonyl (C=O) groups is 1. The minimum atomic E-state index is -1.05. The van der Waals surface area contributed by atoms with Crippen LogP contribution in [0.5, 0.6) is 5.75 Å². The molecular weight excluding hydrogens is 246 g/mol. The summed E-state index contributed by atoms with van der Waals surface area (Å²) in [7, 11) is 0. The van der Waals surface area contributed by atoms with E-state index in [-0.39, 0.29) is 11.3 Å². The molecule has 0 saturated carbocycles. The second kappa shape index (κ2) is 5.39. The molecule has 0 atom stereocenters. The summed E-state index contributed by atoms with van der Waals surface area (Å²) in [6.07, 6.45) is 1.65. The van der Waals surface area contributed by atoms with Gasteiger partial charge in [-0.3, -0.25) is 0 Å². The molecule has 5 heteroatoms. The van der Waals surface area contributed by atoms with Crippen molar-refractivity contribution < 1.29 is 19.2 Å². The Morgan fingerprint density at radius 2 is 2.16 bits per heavy atom. The standard InChI is InChI=1S/C14H13NO4/c1-3-8-18-11-6-4-10(5-7-11)13-12(14(16)17)9(2)19-15-13/h3-7H,1,8H2,2H3,(H,16,17). The zero-order valence-electron chi connectivity index (χ0n) is 10.4. The molecule has 0 unspecified atom stereocenters. The van der Waals surface area contributed by atoms with Gasteiger partial charge in [-0.05, 0) is 31.2 Å². The van der Waals surface area contributed by atoms with E-state index in [9.17, 15) is 4.79 Å². The first-order valence-electron chi connectivity index (χ1n) is 5.67. The lowest BCUT2D eigenvalue weighted by molar-refractivity contribution is 0.0696. The van der Waals surface area contributed by atoms with Crippen molar-refractivity contribution in [2.24, 2.45) is 0 Å². The molecule has 5 nitrogen and oxygen atoms in total. The second-order valence-corrected chi connectivity index (χ2v) is 3.89. The Kier molecular flexibility index (Phi) is 3.66. The van der Waals surface area contributed by atoms with E-state index in [1.807, 2.05) is 0 Å². The first-order valence-corrected chi connectivity index (χ1v) is 5.67. The Morgan fingerprint density at radius 1 is 1.47 bits per heavy atom. The molecule has 1 aromatic heterocycles. The molecule has 0 fully saturated rings. The number of carboxylic acids is 1. The molecule has 0 aliphatic heterocycles. The topological polar surface area (TPSA) is 72.6 Å². The number of carboxylic acid groups (broad SMARTS) is 1. The minimum Gasteiger partial charge on any atom is -0.490 e. The quantitative estimate of drug-likeness (QED) is 0.836. The van der Waals surface area contributed by atoms with Crippen molar-refractivity contribution in [3.63, 3.8) is 0 Å². The molecule has 0 aliphatic rings. The summed E-state index contributed by atoms with van der Waals surface area (Å²) in [6.45, 7) is 5.55. The Hall–Kier alpha value is -2.56. The van der Waals surface area contributed by atoms with E-state index in [4.69, 9.17) is 14.4 Å². The van der Waals surface area contributed by atoms with Gasteiger partial charge in [0.05, 0.1) is 0 Å². The summed E-state index contributed by atoms with van der Waals surface area (Å²) < 4.78 is 10.3. The zero-order chi connectivity index (χ0) is 13.8. The van der Waals surface area contributed by atoms with Crippen molar-refractivity contribution in [1.29, 1.82) is 0 Å². The van der Waals surface area contributed by atoms with E-state index in [1.165, 1.54) is 0 Å². The third-order valence-electron chi connectivity index (χ3n) is 2.57. The van der Waals surface area contributed by atoms with Gasteiger partial charge in [0.15, 0.2) is 0 Å². The van der Waals surface area contributed by atoms with E-state index in [0.717, 1.165) is 0 Å². The second-order valence-electron chi connectivity index (χ2n) is 3.89. The van der Waals surface area contributed by atoms with Gasteiger partial charge in [0.2, 0.25) is 0 Å². The van der Waals surface area contributed by atoms with E-state index in [2.05, 4.69) is 11.7 Å². The van der Waals surface area contributed by atoms with Gasteiger partial charge in [0.1, 0.15) is 29.4 Å². The maximum atomic E-state index is 11.1. The van der Waals surface area contributed by atoms with Gasteiger partial charge in [-0.15, -0.1) is 0 Å². The van der Waals surface area contributed by atoms with Crippen LogP contribution in [0.1, 0.15) is 16.1 Å². The minimum absolute atomic E-state index is 0.0831. The maximum Gasteiger partial charge on any atom is 0.341 e. The molecular formula is C14H13NO4. The average molecular weight is 259 g/mol. The van der Waals surface area contributed by atoms with Crippen LogP contribution in [0.3, 0.4) is 0 Å². The Morgan fingerprint density at radius 3 is 2.74 bits per heavy atom. The van der Waals surface area contributed by atoms with E-state index in [0.29, 0.717) is 23.6 Å². The van der Waals surface area contributed by atoms with Crippen LogP contribution in [0.2, 0.25) is 0 Å². The van der Waals surface area contributed by atoms with Gasteiger partial charge < -0.3 is 14.4 Å². The number of aryl methyl sites for hydroxylation is 1. The van der Waals surface area contributed by atoms with Crippen LogP contribution in [0.25, 0.3) is 11.3 Å². The Bertz CT molecular complexity index is 598. The number of aromatic nitrogens is 1. The van der Waals surface area contributed by atoms with E-state index < -0.39 is 5.97 Å². The molecule has 0 aliphatic carbocycles. The first kappa shape index (κ1) is 12.9. The Balaban J connectivity index is 2.32. The van der Waals surface area contributed by atoms with Crippen LogP contribution in [0.15, 0.2) is 41.4 Å². The van der Waals surface area contributed by atoms with Crippen molar-refractivity contribution in [2.75, 3.05) is 6.61 Å². The van der Waals surface area contributed by atoms with Crippen LogP contribution in [0.4, 0.5) is 0 Å². The summed E-state index contributed by atoms with van der Waals surface area (Å²) in [5, 5.41) is 12.9. The summed E-state index contributed by atoms with van der Waals surface area (Å²) >= 11 is 0. The van der Waals surface area contributed by atoms with Crippen molar-refractivity contribution in [3.8, 4) is 17.0 Å². The lowest BCUT2D eigenvalue weighted by Crippen LogP contribution is -1.99. The Labute approximate surface area is 110 Å². The molecule has 2 aromatic rings. The lowest BCUT2D eigenvalue weighted by atomic mass is 10.1. The number of rotatable bonds is 5. The normalized spacial score (nSPS) is 10.2. The number of hydrogen-bond donors (Lipinski definition) is 1. The molecule has 1 aromatic carbocycles. The number of ether oxygens (including phenoxy) is 1. The van der Waals surface area contributed by atoms with Crippen LogP contribution >= 0.6 is 0 Å². The SMILES string of the molecule is C=CCOc1ccc(-c2noc(C)c2C(=O)O)cc1.